The second-order valence-corrected chi connectivity index (χ2v) is 7.48. The van der Waals surface area contributed by atoms with Gasteiger partial charge in [0.25, 0.3) is 10.1 Å². The molecule has 2 aliphatic rings. The molecule has 0 saturated heterocycles. The number of fused-ring (bicyclic) bond motifs is 2. The normalized spacial score (nSPS) is 20.0. The highest BCUT2D eigenvalue weighted by atomic mass is 32.2. The molecule has 126 valence electrons. The zero-order valence-electron chi connectivity index (χ0n) is 12.9. The van der Waals surface area contributed by atoms with Gasteiger partial charge in [-0.05, 0) is 53.9 Å². The summed E-state index contributed by atoms with van der Waals surface area (Å²) in [5.74, 6) is 0.875. The lowest BCUT2D eigenvalue weighted by atomic mass is 9.87. The van der Waals surface area contributed by atoms with E-state index in [2.05, 4.69) is 11.4 Å². The summed E-state index contributed by atoms with van der Waals surface area (Å²) < 4.78 is 31.6. The Morgan fingerprint density at radius 3 is 2.67 bits per heavy atom. The molecule has 7 heteroatoms. The standard InChI is InChI=1S/C17H17NO5S/c19-24(20,21)14-3-1-11(2-4-14)16-9-18-6-5-12-8-17-13(7-15(12)16)10-22-23-17/h1-4,7-8,16,18H,5-6,9-10H2,(H,19,20,21). The van der Waals surface area contributed by atoms with Crippen LogP contribution < -0.4 is 10.2 Å². The topological polar surface area (TPSA) is 84.9 Å². The predicted molar refractivity (Wildman–Crippen MR) is 86.5 cm³/mol. The molecule has 0 fully saturated rings. The predicted octanol–water partition coefficient (Wildman–Crippen LogP) is 2.03. The van der Waals surface area contributed by atoms with Gasteiger partial charge in [0.2, 0.25) is 0 Å². The lowest BCUT2D eigenvalue weighted by Gasteiger charge is -2.19. The number of nitrogens with one attached hydrogen (secondary N) is 1. The van der Waals surface area contributed by atoms with Gasteiger partial charge in [0.1, 0.15) is 6.61 Å². The van der Waals surface area contributed by atoms with E-state index in [9.17, 15) is 8.42 Å². The van der Waals surface area contributed by atoms with Crippen LogP contribution in [0.3, 0.4) is 0 Å². The molecule has 0 amide bonds. The third kappa shape index (κ3) is 2.80. The van der Waals surface area contributed by atoms with E-state index in [1.54, 1.807) is 12.1 Å². The van der Waals surface area contributed by atoms with Crippen LogP contribution in [0, 0.1) is 0 Å². The number of rotatable bonds is 2. The Labute approximate surface area is 140 Å². The van der Waals surface area contributed by atoms with Gasteiger partial charge in [-0.2, -0.15) is 13.3 Å². The third-order valence-electron chi connectivity index (χ3n) is 4.56. The molecule has 0 aliphatic carbocycles. The summed E-state index contributed by atoms with van der Waals surface area (Å²) in [6, 6.07) is 10.5. The molecular weight excluding hydrogens is 330 g/mol. The van der Waals surface area contributed by atoms with E-state index in [1.165, 1.54) is 23.3 Å². The fraction of sp³-hybridized carbons (Fsp3) is 0.294. The average Bonchev–Trinajstić information content (AvgIpc) is 2.91. The van der Waals surface area contributed by atoms with Gasteiger partial charge in [0.05, 0.1) is 4.90 Å². The maximum atomic E-state index is 11.2. The molecule has 0 spiro atoms. The van der Waals surface area contributed by atoms with Crippen LogP contribution in [0.1, 0.15) is 28.2 Å². The van der Waals surface area contributed by atoms with Gasteiger partial charge >= 0.3 is 0 Å². The molecular formula is C17H17NO5S. The molecule has 2 N–H and O–H groups in total. The van der Waals surface area contributed by atoms with Crippen molar-refractivity contribution >= 4 is 10.1 Å². The second-order valence-electron chi connectivity index (χ2n) is 6.06. The highest BCUT2D eigenvalue weighted by Gasteiger charge is 2.25. The summed E-state index contributed by atoms with van der Waals surface area (Å²) >= 11 is 0. The van der Waals surface area contributed by atoms with Crippen molar-refractivity contribution in [3.05, 3.63) is 58.7 Å². The van der Waals surface area contributed by atoms with E-state index in [4.69, 9.17) is 14.3 Å². The third-order valence-corrected chi connectivity index (χ3v) is 5.43. The Kier molecular flexibility index (Phi) is 3.80. The van der Waals surface area contributed by atoms with Crippen LogP contribution in [0.2, 0.25) is 0 Å². The van der Waals surface area contributed by atoms with Crippen LogP contribution in [-0.4, -0.2) is 26.1 Å². The van der Waals surface area contributed by atoms with Crippen LogP contribution in [-0.2, 0) is 28.0 Å². The number of hydrogen-bond acceptors (Lipinski definition) is 5. The first kappa shape index (κ1) is 15.6. The lowest BCUT2D eigenvalue weighted by molar-refractivity contribution is -0.194. The van der Waals surface area contributed by atoms with Gasteiger partial charge < -0.3 is 10.2 Å². The van der Waals surface area contributed by atoms with Gasteiger partial charge in [-0.3, -0.25) is 4.55 Å². The molecule has 2 aromatic rings. The molecule has 2 aliphatic heterocycles. The van der Waals surface area contributed by atoms with Gasteiger partial charge in [-0.1, -0.05) is 12.1 Å². The molecule has 0 aromatic heterocycles. The van der Waals surface area contributed by atoms with Crippen molar-refractivity contribution in [2.45, 2.75) is 23.8 Å². The Morgan fingerprint density at radius 2 is 1.92 bits per heavy atom. The molecule has 24 heavy (non-hydrogen) atoms. The monoisotopic (exact) mass is 347 g/mol. The van der Waals surface area contributed by atoms with Crippen LogP contribution >= 0.6 is 0 Å². The zero-order valence-corrected chi connectivity index (χ0v) is 13.7. The maximum absolute atomic E-state index is 11.2. The Morgan fingerprint density at radius 1 is 1.12 bits per heavy atom. The SMILES string of the molecule is O=S(=O)(O)c1ccc(C2CNCCc3cc4c(cc32)COO4)cc1. The minimum absolute atomic E-state index is 0.0937. The molecule has 2 aromatic carbocycles. The summed E-state index contributed by atoms with van der Waals surface area (Å²) in [5.41, 5.74) is 4.42. The summed E-state index contributed by atoms with van der Waals surface area (Å²) in [5, 5.41) is 3.42. The first-order valence-corrected chi connectivity index (χ1v) is 9.20. The number of benzene rings is 2. The van der Waals surface area contributed by atoms with Crippen molar-refractivity contribution in [1.29, 1.82) is 0 Å². The fourth-order valence-electron chi connectivity index (χ4n) is 3.32. The van der Waals surface area contributed by atoms with Gasteiger partial charge in [-0.15, -0.1) is 0 Å². The Hall–Kier alpha value is -1.93. The van der Waals surface area contributed by atoms with Crippen molar-refractivity contribution in [2.75, 3.05) is 13.1 Å². The largest absolute Gasteiger partial charge is 0.337 e. The summed E-state index contributed by atoms with van der Waals surface area (Å²) in [6.45, 7) is 2.06. The minimum Gasteiger partial charge on any atom is -0.337 e. The molecule has 1 atom stereocenters. The van der Waals surface area contributed by atoms with E-state index in [0.29, 0.717) is 6.61 Å². The molecule has 2 heterocycles. The molecule has 1 unspecified atom stereocenters. The van der Waals surface area contributed by atoms with E-state index in [1.807, 2.05) is 6.07 Å². The first-order valence-electron chi connectivity index (χ1n) is 7.76. The summed E-state index contributed by atoms with van der Waals surface area (Å²) in [7, 11) is -4.17. The molecule has 6 nitrogen and oxygen atoms in total. The smallest absolute Gasteiger partial charge is 0.294 e. The first-order chi connectivity index (χ1) is 11.5. The van der Waals surface area contributed by atoms with Crippen molar-refractivity contribution in [2.24, 2.45) is 0 Å². The quantitative estimate of drug-likeness (QED) is 0.639. The van der Waals surface area contributed by atoms with Crippen LogP contribution in [0.4, 0.5) is 0 Å². The molecule has 0 radical (unpaired) electrons. The summed E-state index contributed by atoms with van der Waals surface area (Å²) in [6.07, 6.45) is 0.894. The van der Waals surface area contributed by atoms with Gasteiger partial charge in [0, 0.05) is 18.0 Å². The van der Waals surface area contributed by atoms with Crippen LogP contribution in [0.25, 0.3) is 0 Å². The van der Waals surface area contributed by atoms with Crippen molar-refractivity contribution in [3.63, 3.8) is 0 Å². The zero-order chi connectivity index (χ0) is 16.7. The fourth-order valence-corrected chi connectivity index (χ4v) is 3.80. The molecule has 4 rings (SSSR count). The lowest BCUT2D eigenvalue weighted by Crippen LogP contribution is -2.21. The maximum Gasteiger partial charge on any atom is 0.294 e. The van der Waals surface area contributed by atoms with E-state index in [-0.39, 0.29) is 10.8 Å². The second kappa shape index (κ2) is 5.86. The van der Waals surface area contributed by atoms with Gasteiger partial charge in [-0.25, -0.2) is 0 Å². The van der Waals surface area contributed by atoms with Gasteiger partial charge in [0.15, 0.2) is 5.75 Å². The highest BCUT2D eigenvalue weighted by molar-refractivity contribution is 7.85. The van der Waals surface area contributed by atoms with E-state index in [0.717, 1.165) is 36.4 Å². The average molecular weight is 347 g/mol. The van der Waals surface area contributed by atoms with Crippen LogP contribution in [0.15, 0.2) is 41.3 Å². The van der Waals surface area contributed by atoms with Crippen molar-refractivity contribution in [1.82, 2.24) is 5.32 Å². The van der Waals surface area contributed by atoms with E-state index < -0.39 is 10.1 Å². The summed E-state index contributed by atoms with van der Waals surface area (Å²) in [4.78, 5) is 10.1. The van der Waals surface area contributed by atoms with Crippen molar-refractivity contribution in [3.8, 4) is 5.75 Å². The molecule has 0 saturated carbocycles. The number of hydrogen-bond donors (Lipinski definition) is 2. The van der Waals surface area contributed by atoms with Crippen LogP contribution in [0.5, 0.6) is 5.75 Å². The minimum atomic E-state index is -4.17. The van der Waals surface area contributed by atoms with E-state index >= 15 is 0 Å². The van der Waals surface area contributed by atoms with Crippen molar-refractivity contribution < 1.29 is 22.7 Å². The Balaban J connectivity index is 1.76. The highest BCUT2D eigenvalue weighted by Crippen LogP contribution is 2.36. The Bertz CT molecular complexity index is 877. The molecule has 0 bridgehead atoms.